The van der Waals surface area contributed by atoms with Crippen molar-refractivity contribution in [3.63, 3.8) is 0 Å². The van der Waals surface area contributed by atoms with E-state index >= 15 is 0 Å². The monoisotopic (exact) mass is 303 g/mol. The molecule has 0 unspecified atom stereocenters. The zero-order valence-corrected chi connectivity index (χ0v) is 12.0. The van der Waals surface area contributed by atoms with E-state index in [0.717, 1.165) is 22.2 Å². The predicted molar refractivity (Wildman–Crippen MR) is 82.5 cm³/mol. The van der Waals surface area contributed by atoms with Crippen LogP contribution in [0, 0.1) is 0 Å². The molecule has 0 aliphatic carbocycles. The summed E-state index contributed by atoms with van der Waals surface area (Å²) < 4.78 is 5.84. The number of pyridine rings is 1. The minimum atomic E-state index is 0.423. The minimum Gasteiger partial charge on any atom is -0.487 e. The highest BCUT2D eigenvalue weighted by atomic mass is 35.5. The average Bonchev–Trinajstić information content (AvgIpc) is 2.48. The highest BCUT2D eigenvalue weighted by Gasteiger charge is 2.04. The number of aromatic nitrogens is 1. The Hall–Kier alpha value is -1.77. The lowest BCUT2D eigenvalue weighted by atomic mass is 10.2. The van der Waals surface area contributed by atoms with Gasteiger partial charge in [-0.25, -0.2) is 0 Å². The van der Waals surface area contributed by atoms with Crippen LogP contribution in [0.4, 0.5) is 0 Å². The van der Waals surface area contributed by atoms with Crippen molar-refractivity contribution in [1.29, 1.82) is 0 Å². The second kappa shape index (κ2) is 5.70. The molecule has 3 rings (SSSR count). The first-order valence-corrected chi connectivity index (χ1v) is 6.90. The van der Waals surface area contributed by atoms with E-state index in [-0.39, 0.29) is 0 Å². The van der Waals surface area contributed by atoms with Gasteiger partial charge in [-0.1, -0.05) is 47.5 Å². The van der Waals surface area contributed by atoms with Crippen LogP contribution >= 0.6 is 23.2 Å². The first-order valence-electron chi connectivity index (χ1n) is 6.14. The van der Waals surface area contributed by atoms with E-state index in [0.29, 0.717) is 16.7 Å². The van der Waals surface area contributed by atoms with Gasteiger partial charge < -0.3 is 4.74 Å². The molecule has 100 valence electrons. The Labute approximate surface area is 126 Å². The maximum atomic E-state index is 5.99. The van der Waals surface area contributed by atoms with Crippen LogP contribution in [0.25, 0.3) is 10.9 Å². The lowest BCUT2D eigenvalue weighted by Gasteiger charge is -2.09. The van der Waals surface area contributed by atoms with Crippen LogP contribution in [0.5, 0.6) is 5.75 Å². The van der Waals surface area contributed by atoms with Gasteiger partial charge in [0.25, 0.3) is 0 Å². The molecule has 0 aliphatic rings. The molecule has 0 bridgehead atoms. The molecule has 0 N–H and O–H groups in total. The van der Waals surface area contributed by atoms with Crippen molar-refractivity contribution in [3.05, 3.63) is 70.3 Å². The summed E-state index contributed by atoms with van der Waals surface area (Å²) in [4.78, 5) is 4.35. The van der Waals surface area contributed by atoms with E-state index in [4.69, 9.17) is 27.9 Å². The molecule has 3 aromatic rings. The second-order valence-electron chi connectivity index (χ2n) is 4.37. The van der Waals surface area contributed by atoms with Crippen LogP contribution in [0.3, 0.4) is 0 Å². The molecule has 0 fully saturated rings. The van der Waals surface area contributed by atoms with Crippen molar-refractivity contribution in [3.8, 4) is 5.75 Å². The quantitative estimate of drug-likeness (QED) is 0.670. The van der Waals surface area contributed by atoms with Crippen molar-refractivity contribution in [2.75, 3.05) is 0 Å². The number of hydrogen-bond acceptors (Lipinski definition) is 2. The van der Waals surface area contributed by atoms with Gasteiger partial charge in [-0.2, -0.15) is 0 Å². The predicted octanol–water partition coefficient (Wildman–Crippen LogP) is 5.12. The smallest absolute Gasteiger partial charge is 0.146 e. The molecule has 1 heterocycles. The number of halogens is 2. The Morgan fingerprint density at radius 3 is 2.65 bits per heavy atom. The van der Waals surface area contributed by atoms with Gasteiger partial charge in [0, 0.05) is 11.6 Å². The number of fused-ring (bicyclic) bond motifs is 1. The van der Waals surface area contributed by atoms with Crippen molar-refractivity contribution in [2.24, 2.45) is 0 Å². The van der Waals surface area contributed by atoms with Gasteiger partial charge in [0.2, 0.25) is 0 Å². The number of hydrogen-bond donors (Lipinski definition) is 0. The van der Waals surface area contributed by atoms with Gasteiger partial charge in [0.15, 0.2) is 0 Å². The number of nitrogens with zero attached hydrogens (tertiary/aromatic N) is 1. The third kappa shape index (κ3) is 2.72. The first-order chi connectivity index (χ1) is 9.74. The SMILES string of the molecule is Clc1ccc(COc2cccc3cccnc23)cc1Cl. The van der Waals surface area contributed by atoms with Crippen LogP contribution in [0.1, 0.15) is 5.56 Å². The summed E-state index contributed by atoms with van der Waals surface area (Å²) in [6.45, 7) is 0.423. The fraction of sp³-hybridized carbons (Fsp3) is 0.0625. The summed E-state index contributed by atoms with van der Waals surface area (Å²) in [5, 5.41) is 2.13. The van der Waals surface area contributed by atoms with Crippen molar-refractivity contribution in [1.82, 2.24) is 4.98 Å². The summed E-state index contributed by atoms with van der Waals surface area (Å²) in [5.74, 6) is 0.758. The maximum absolute atomic E-state index is 5.99. The van der Waals surface area contributed by atoms with Crippen molar-refractivity contribution in [2.45, 2.75) is 6.61 Å². The number of benzene rings is 2. The molecule has 0 spiro atoms. The molecular weight excluding hydrogens is 293 g/mol. The van der Waals surface area contributed by atoms with E-state index in [2.05, 4.69) is 4.98 Å². The largest absolute Gasteiger partial charge is 0.487 e. The highest BCUT2D eigenvalue weighted by molar-refractivity contribution is 6.42. The molecule has 0 amide bonds. The minimum absolute atomic E-state index is 0.423. The summed E-state index contributed by atoms with van der Waals surface area (Å²) >= 11 is 11.9. The molecule has 4 heteroatoms. The highest BCUT2D eigenvalue weighted by Crippen LogP contribution is 2.26. The fourth-order valence-electron chi connectivity index (χ4n) is 1.98. The van der Waals surface area contributed by atoms with Crippen LogP contribution in [0.2, 0.25) is 10.0 Å². The van der Waals surface area contributed by atoms with Crippen LogP contribution in [0.15, 0.2) is 54.7 Å². The molecule has 2 aromatic carbocycles. The molecule has 0 saturated carbocycles. The van der Waals surface area contributed by atoms with E-state index in [1.54, 1.807) is 12.3 Å². The molecule has 0 radical (unpaired) electrons. The number of para-hydroxylation sites is 1. The van der Waals surface area contributed by atoms with E-state index in [1.807, 2.05) is 42.5 Å². The number of rotatable bonds is 3. The second-order valence-corrected chi connectivity index (χ2v) is 5.18. The zero-order valence-electron chi connectivity index (χ0n) is 10.5. The molecule has 2 nitrogen and oxygen atoms in total. The van der Waals surface area contributed by atoms with Crippen molar-refractivity contribution >= 4 is 34.1 Å². The summed E-state index contributed by atoms with van der Waals surface area (Å²) in [6, 6.07) is 15.3. The van der Waals surface area contributed by atoms with Gasteiger partial charge in [-0.15, -0.1) is 0 Å². The summed E-state index contributed by atoms with van der Waals surface area (Å²) in [7, 11) is 0. The topological polar surface area (TPSA) is 22.1 Å². The number of ether oxygens (including phenoxy) is 1. The Balaban J connectivity index is 1.85. The van der Waals surface area contributed by atoms with Gasteiger partial charge in [-0.3, -0.25) is 4.98 Å². The third-order valence-electron chi connectivity index (χ3n) is 2.97. The molecule has 0 aliphatic heterocycles. The van der Waals surface area contributed by atoms with Crippen LogP contribution in [-0.2, 0) is 6.61 Å². The van der Waals surface area contributed by atoms with Crippen molar-refractivity contribution < 1.29 is 4.74 Å². The van der Waals surface area contributed by atoms with Gasteiger partial charge in [0.05, 0.1) is 10.0 Å². The van der Waals surface area contributed by atoms with Gasteiger partial charge in [-0.05, 0) is 29.8 Å². The van der Waals surface area contributed by atoms with Gasteiger partial charge >= 0.3 is 0 Å². The normalized spacial score (nSPS) is 10.7. The van der Waals surface area contributed by atoms with Gasteiger partial charge in [0.1, 0.15) is 17.9 Å². The Kier molecular flexibility index (Phi) is 3.77. The van der Waals surface area contributed by atoms with Crippen LogP contribution < -0.4 is 4.74 Å². The molecule has 20 heavy (non-hydrogen) atoms. The lowest BCUT2D eigenvalue weighted by Crippen LogP contribution is -1.96. The standard InChI is InChI=1S/C16H11Cl2NO/c17-13-7-6-11(9-14(13)18)10-20-15-5-1-3-12-4-2-8-19-16(12)15/h1-9H,10H2. The van der Waals surface area contributed by atoms with E-state index in [1.165, 1.54) is 0 Å². The average molecular weight is 304 g/mol. The summed E-state index contributed by atoms with van der Waals surface area (Å²) in [6.07, 6.45) is 1.76. The van der Waals surface area contributed by atoms with E-state index < -0.39 is 0 Å². The first kappa shape index (κ1) is 13.2. The molecule has 0 atom stereocenters. The zero-order chi connectivity index (χ0) is 13.9. The molecule has 1 aromatic heterocycles. The fourth-order valence-corrected chi connectivity index (χ4v) is 2.30. The molecule has 0 saturated heterocycles. The Morgan fingerprint density at radius 2 is 1.80 bits per heavy atom. The van der Waals surface area contributed by atoms with E-state index in [9.17, 15) is 0 Å². The lowest BCUT2D eigenvalue weighted by molar-refractivity contribution is 0.309. The maximum Gasteiger partial charge on any atom is 0.146 e. The Morgan fingerprint density at radius 1 is 0.950 bits per heavy atom. The molecular formula is C16H11Cl2NO. The summed E-state index contributed by atoms with van der Waals surface area (Å²) in [5.41, 5.74) is 1.82. The van der Waals surface area contributed by atoms with Crippen LogP contribution in [-0.4, -0.2) is 4.98 Å². The third-order valence-corrected chi connectivity index (χ3v) is 3.71. The Bertz CT molecular complexity index is 753.